The van der Waals surface area contributed by atoms with E-state index in [-0.39, 0.29) is 15.9 Å². The van der Waals surface area contributed by atoms with Gasteiger partial charge in [-0.2, -0.15) is 0 Å². The third kappa shape index (κ3) is 3.11. The highest BCUT2D eigenvalue weighted by molar-refractivity contribution is 7.99. The van der Waals surface area contributed by atoms with E-state index in [0.29, 0.717) is 11.0 Å². The number of hydrogen-bond donors (Lipinski definition) is 2. The molecule has 0 bridgehead atoms. The molecule has 0 saturated carbocycles. The number of primary amides is 1. The molecule has 1 amide bonds. The molecule has 1 unspecified atom stereocenters. The first-order valence-electron chi connectivity index (χ1n) is 5.82. The van der Waals surface area contributed by atoms with Gasteiger partial charge < -0.3 is 15.4 Å². The van der Waals surface area contributed by atoms with Crippen molar-refractivity contribution in [1.29, 1.82) is 0 Å². The van der Waals surface area contributed by atoms with Crippen LogP contribution in [0.4, 0.5) is 4.39 Å². The number of halogens is 2. The fraction of sp³-hybridized carbons (Fsp3) is 0.250. The van der Waals surface area contributed by atoms with Gasteiger partial charge in [0, 0.05) is 6.07 Å². The quantitative estimate of drug-likeness (QED) is 0.817. The van der Waals surface area contributed by atoms with E-state index in [4.69, 9.17) is 22.4 Å². The van der Waals surface area contributed by atoms with Gasteiger partial charge in [0.2, 0.25) is 5.91 Å². The Bertz CT molecular complexity index is 734. The molecule has 21 heavy (non-hydrogen) atoms. The fourth-order valence-electron chi connectivity index (χ4n) is 1.80. The molecule has 0 radical (unpaired) electrons. The third-order valence-corrected chi connectivity index (χ3v) is 4.05. The van der Waals surface area contributed by atoms with Crippen LogP contribution in [-0.2, 0) is 9.59 Å². The number of imidazole rings is 1. The van der Waals surface area contributed by atoms with Crippen molar-refractivity contribution in [2.75, 3.05) is 5.75 Å². The van der Waals surface area contributed by atoms with Crippen LogP contribution in [0.15, 0.2) is 17.3 Å². The van der Waals surface area contributed by atoms with Gasteiger partial charge in [0.05, 0.1) is 21.8 Å². The number of rotatable bonds is 5. The van der Waals surface area contributed by atoms with Crippen LogP contribution in [0.2, 0.25) is 5.02 Å². The van der Waals surface area contributed by atoms with Crippen molar-refractivity contribution in [3.05, 3.63) is 23.0 Å². The number of nitrogens with two attached hydrogens (primary N) is 1. The average Bonchev–Trinajstić information content (AvgIpc) is 2.73. The summed E-state index contributed by atoms with van der Waals surface area (Å²) < 4.78 is 15.0. The van der Waals surface area contributed by atoms with Crippen molar-refractivity contribution in [2.45, 2.75) is 18.1 Å². The highest BCUT2D eigenvalue weighted by Crippen LogP contribution is 2.30. The van der Waals surface area contributed by atoms with Crippen LogP contribution in [0.25, 0.3) is 11.0 Å². The first-order chi connectivity index (χ1) is 9.81. The summed E-state index contributed by atoms with van der Waals surface area (Å²) in [5, 5.41) is 8.91. The zero-order valence-electron chi connectivity index (χ0n) is 10.8. The van der Waals surface area contributed by atoms with E-state index in [1.165, 1.54) is 17.6 Å². The predicted molar refractivity (Wildman–Crippen MR) is 77.0 cm³/mol. The van der Waals surface area contributed by atoms with Gasteiger partial charge in [0.25, 0.3) is 0 Å². The summed E-state index contributed by atoms with van der Waals surface area (Å²) in [5.41, 5.74) is 5.97. The van der Waals surface area contributed by atoms with Gasteiger partial charge in [-0.05, 0) is 13.0 Å². The number of carbonyl (C=O) groups excluding carboxylic acids is 1. The van der Waals surface area contributed by atoms with Crippen LogP contribution in [0.1, 0.15) is 13.0 Å². The maximum Gasteiger partial charge on any atom is 0.313 e. The van der Waals surface area contributed by atoms with Crippen molar-refractivity contribution >= 4 is 46.3 Å². The minimum Gasteiger partial charge on any atom is -0.481 e. The van der Waals surface area contributed by atoms with Crippen LogP contribution in [0, 0.1) is 5.82 Å². The Morgan fingerprint density at radius 2 is 2.24 bits per heavy atom. The molecule has 2 rings (SSSR count). The number of aliphatic carboxylic acids is 1. The number of carboxylic acid groups (broad SMARTS) is 1. The lowest BCUT2D eigenvalue weighted by Gasteiger charge is -2.13. The molecule has 1 aromatic heterocycles. The highest BCUT2D eigenvalue weighted by atomic mass is 35.5. The molecule has 0 fully saturated rings. The van der Waals surface area contributed by atoms with Crippen molar-refractivity contribution in [3.63, 3.8) is 0 Å². The van der Waals surface area contributed by atoms with Gasteiger partial charge >= 0.3 is 5.97 Å². The normalized spacial score (nSPS) is 12.5. The Kier molecular flexibility index (Phi) is 4.38. The molecule has 2 aromatic rings. The standard InChI is InChI=1S/C12H11ClFN3O3S/c1-5(11(15)20)17-9-3-7(14)6(13)2-8(9)16-12(17)21-4-10(18)19/h2-3,5H,4H2,1H3,(H2,15,20)(H,18,19). The van der Waals surface area contributed by atoms with Crippen LogP contribution >= 0.6 is 23.4 Å². The SMILES string of the molecule is CC(C(N)=O)n1c(SCC(=O)O)nc2cc(Cl)c(F)cc21. The zero-order valence-corrected chi connectivity index (χ0v) is 12.4. The number of benzene rings is 1. The summed E-state index contributed by atoms with van der Waals surface area (Å²) in [6.07, 6.45) is 0. The fourth-order valence-corrected chi connectivity index (χ4v) is 2.77. The second-order valence-electron chi connectivity index (χ2n) is 4.28. The first-order valence-corrected chi connectivity index (χ1v) is 7.18. The molecule has 112 valence electrons. The summed E-state index contributed by atoms with van der Waals surface area (Å²) in [6.45, 7) is 1.53. The number of carbonyl (C=O) groups is 2. The number of fused-ring (bicyclic) bond motifs is 1. The molecule has 9 heteroatoms. The Labute approximate surface area is 128 Å². The molecule has 0 aliphatic carbocycles. The van der Waals surface area contributed by atoms with Gasteiger partial charge in [0.1, 0.15) is 11.9 Å². The molecule has 0 aliphatic heterocycles. The number of amides is 1. The minimum absolute atomic E-state index is 0.103. The smallest absolute Gasteiger partial charge is 0.313 e. The van der Waals surface area contributed by atoms with Crippen LogP contribution < -0.4 is 5.73 Å². The largest absolute Gasteiger partial charge is 0.481 e. The second-order valence-corrected chi connectivity index (χ2v) is 5.63. The Morgan fingerprint density at radius 1 is 1.57 bits per heavy atom. The molecule has 3 N–H and O–H groups in total. The number of aromatic nitrogens is 2. The van der Waals surface area contributed by atoms with E-state index in [9.17, 15) is 14.0 Å². The monoisotopic (exact) mass is 331 g/mol. The van der Waals surface area contributed by atoms with Crippen LogP contribution in [0.5, 0.6) is 0 Å². The summed E-state index contributed by atoms with van der Waals surface area (Å²) in [5.74, 6) is -2.57. The molecule has 0 aliphatic rings. The third-order valence-electron chi connectivity index (χ3n) is 2.82. The second kappa shape index (κ2) is 5.90. The van der Waals surface area contributed by atoms with Gasteiger partial charge in [-0.15, -0.1) is 0 Å². The van der Waals surface area contributed by atoms with E-state index in [2.05, 4.69) is 4.98 Å². The van der Waals surface area contributed by atoms with Gasteiger partial charge in [-0.1, -0.05) is 23.4 Å². The maximum atomic E-state index is 13.6. The van der Waals surface area contributed by atoms with E-state index >= 15 is 0 Å². The molecule has 0 spiro atoms. The van der Waals surface area contributed by atoms with Crippen LogP contribution in [-0.4, -0.2) is 32.3 Å². The Balaban J connectivity index is 2.62. The number of hydrogen-bond acceptors (Lipinski definition) is 4. The molecule has 1 aromatic carbocycles. The van der Waals surface area contributed by atoms with E-state index in [0.717, 1.165) is 17.8 Å². The van der Waals surface area contributed by atoms with Gasteiger partial charge in [0.15, 0.2) is 5.16 Å². The molecule has 1 heterocycles. The lowest BCUT2D eigenvalue weighted by atomic mass is 10.2. The van der Waals surface area contributed by atoms with Crippen LogP contribution in [0.3, 0.4) is 0 Å². The van der Waals surface area contributed by atoms with Crippen molar-refractivity contribution in [1.82, 2.24) is 9.55 Å². The lowest BCUT2D eigenvalue weighted by molar-refractivity contribution is -0.133. The lowest BCUT2D eigenvalue weighted by Crippen LogP contribution is -2.24. The van der Waals surface area contributed by atoms with Crippen molar-refractivity contribution < 1.29 is 19.1 Å². The summed E-state index contributed by atoms with van der Waals surface area (Å²) in [4.78, 5) is 26.3. The highest BCUT2D eigenvalue weighted by Gasteiger charge is 2.21. The molecule has 6 nitrogen and oxygen atoms in total. The zero-order chi connectivity index (χ0) is 15.7. The van der Waals surface area contributed by atoms with Gasteiger partial charge in [-0.25, -0.2) is 9.37 Å². The molecular formula is C12H11ClFN3O3S. The summed E-state index contributed by atoms with van der Waals surface area (Å²) in [6, 6.07) is 1.67. The number of carboxylic acids is 1. The Hall–Kier alpha value is -1.80. The maximum absolute atomic E-state index is 13.6. The minimum atomic E-state index is -1.03. The molecular weight excluding hydrogens is 321 g/mol. The first kappa shape index (κ1) is 15.6. The summed E-state index contributed by atoms with van der Waals surface area (Å²) >= 11 is 6.62. The number of nitrogens with zero attached hydrogens (tertiary/aromatic N) is 2. The van der Waals surface area contributed by atoms with E-state index in [1.54, 1.807) is 0 Å². The van der Waals surface area contributed by atoms with Crippen molar-refractivity contribution in [3.8, 4) is 0 Å². The van der Waals surface area contributed by atoms with Crippen molar-refractivity contribution in [2.24, 2.45) is 5.73 Å². The molecule has 1 atom stereocenters. The molecule has 0 saturated heterocycles. The summed E-state index contributed by atoms with van der Waals surface area (Å²) in [7, 11) is 0. The predicted octanol–water partition coefficient (Wildman–Crippen LogP) is 2.05. The topological polar surface area (TPSA) is 98.2 Å². The van der Waals surface area contributed by atoms with E-state index in [1.807, 2.05) is 0 Å². The Morgan fingerprint density at radius 3 is 2.81 bits per heavy atom. The van der Waals surface area contributed by atoms with Gasteiger partial charge in [-0.3, -0.25) is 9.59 Å². The van der Waals surface area contributed by atoms with E-state index < -0.39 is 23.7 Å². The average molecular weight is 332 g/mol. The number of thioether (sulfide) groups is 1.